The average molecular weight is 354 g/mol. The average Bonchev–Trinajstić information content (AvgIpc) is 2.95. The van der Waals surface area contributed by atoms with E-state index in [2.05, 4.69) is 23.5 Å². The van der Waals surface area contributed by atoms with Crippen molar-refractivity contribution in [2.75, 3.05) is 13.2 Å². The van der Waals surface area contributed by atoms with Gasteiger partial charge in [-0.1, -0.05) is 44.6 Å². The molecule has 1 aliphatic heterocycles. The SMILES string of the molecule is c1cc2c(cc1OCC1CCCCCC1)[C@@]13CCCC[C@H]1[C@@H](C2)NCC3. The minimum Gasteiger partial charge on any atom is -0.493 e. The molecule has 1 saturated heterocycles. The first kappa shape index (κ1) is 17.1. The normalized spacial score (nSPS) is 34.5. The lowest BCUT2D eigenvalue weighted by atomic mass is 9.53. The van der Waals surface area contributed by atoms with Gasteiger partial charge in [0.05, 0.1) is 6.61 Å². The summed E-state index contributed by atoms with van der Waals surface area (Å²) in [5.41, 5.74) is 3.71. The molecule has 0 spiro atoms. The molecule has 5 rings (SSSR count). The predicted molar refractivity (Wildman–Crippen MR) is 107 cm³/mol. The van der Waals surface area contributed by atoms with Gasteiger partial charge in [0, 0.05) is 11.5 Å². The van der Waals surface area contributed by atoms with Crippen molar-refractivity contribution >= 4 is 0 Å². The molecule has 2 heteroatoms. The first-order chi connectivity index (χ1) is 12.9. The first-order valence-corrected chi connectivity index (χ1v) is 11.3. The summed E-state index contributed by atoms with van der Waals surface area (Å²) in [6.45, 7) is 2.13. The topological polar surface area (TPSA) is 21.3 Å². The van der Waals surface area contributed by atoms with Crippen molar-refractivity contribution in [2.24, 2.45) is 11.8 Å². The van der Waals surface area contributed by atoms with Crippen molar-refractivity contribution in [1.29, 1.82) is 0 Å². The number of nitrogens with one attached hydrogen (secondary N) is 1. The third-order valence-electron chi connectivity index (χ3n) is 8.08. The minimum absolute atomic E-state index is 0.448. The fourth-order valence-electron chi connectivity index (χ4n) is 6.74. The lowest BCUT2D eigenvalue weighted by Gasteiger charge is -2.56. The summed E-state index contributed by atoms with van der Waals surface area (Å²) in [6.07, 6.45) is 16.6. The smallest absolute Gasteiger partial charge is 0.119 e. The van der Waals surface area contributed by atoms with Crippen LogP contribution in [0.4, 0.5) is 0 Å². The maximum atomic E-state index is 6.37. The third-order valence-corrected chi connectivity index (χ3v) is 8.08. The number of rotatable bonds is 3. The van der Waals surface area contributed by atoms with Crippen LogP contribution >= 0.6 is 0 Å². The highest BCUT2D eigenvalue weighted by molar-refractivity contribution is 5.45. The van der Waals surface area contributed by atoms with E-state index in [9.17, 15) is 0 Å². The van der Waals surface area contributed by atoms with Crippen LogP contribution in [0.3, 0.4) is 0 Å². The second kappa shape index (κ2) is 7.19. The largest absolute Gasteiger partial charge is 0.493 e. The Bertz CT molecular complexity index is 629. The molecule has 3 aliphatic carbocycles. The molecular weight excluding hydrogens is 318 g/mol. The number of benzene rings is 1. The summed E-state index contributed by atoms with van der Waals surface area (Å²) in [7, 11) is 0. The molecular formula is C24H35NO. The van der Waals surface area contributed by atoms with Gasteiger partial charge in [0.2, 0.25) is 0 Å². The van der Waals surface area contributed by atoms with Crippen LogP contribution in [0.15, 0.2) is 18.2 Å². The Morgan fingerprint density at radius 1 is 0.962 bits per heavy atom. The zero-order chi connectivity index (χ0) is 17.4. The fourth-order valence-corrected chi connectivity index (χ4v) is 6.74. The highest BCUT2D eigenvalue weighted by Crippen LogP contribution is 2.54. The summed E-state index contributed by atoms with van der Waals surface area (Å²) < 4.78 is 6.37. The van der Waals surface area contributed by atoms with Gasteiger partial charge < -0.3 is 10.1 Å². The minimum atomic E-state index is 0.448. The quantitative estimate of drug-likeness (QED) is 0.736. The second-order valence-corrected chi connectivity index (χ2v) is 9.51. The Kier molecular flexibility index (Phi) is 4.73. The van der Waals surface area contributed by atoms with Gasteiger partial charge in [-0.05, 0) is 80.2 Å². The zero-order valence-electron chi connectivity index (χ0n) is 16.3. The fraction of sp³-hybridized carbons (Fsp3) is 0.750. The monoisotopic (exact) mass is 353 g/mol. The molecule has 1 aromatic rings. The van der Waals surface area contributed by atoms with E-state index in [-0.39, 0.29) is 0 Å². The van der Waals surface area contributed by atoms with E-state index in [4.69, 9.17) is 4.74 Å². The summed E-state index contributed by atoms with van der Waals surface area (Å²) in [5.74, 6) is 2.77. The molecule has 2 bridgehead atoms. The molecule has 1 aromatic carbocycles. The van der Waals surface area contributed by atoms with E-state index in [0.717, 1.165) is 24.2 Å². The van der Waals surface area contributed by atoms with E-state index in [1.54, 1.807) is 11.1 Å². The van der Waals surface area contributed by atoms with Crippen LogP contribution in [0, 0.1) is 11.8 Å². The summed E-state index contributed by atoms with van der Waals surface area (Å²) >= 11 is 0. The van der Waals surface area contributed by atoms with Crippen LogP contribution in [0.1, 0.15) is 81.8 Å². The Morgan fingerprint density at radius 2 is 1.81 bits per heavy atom. The molecule has 4 aliphatic rings. The molecule has 142 valence electrons. The standard InChI is InChI=1S/C24H35NO/c1-2-4-8-18(7-3-1)17-26-20-11-10-19-15-23-21-9-5-6-12-24(21,13-14-25-23)22(19)16-20/h10-11,16,18,21,23,25H,1-9,12-15,17H2/t21-,23+,24+/m0/s1. The molecule has 2 saturated carbocycles. The molecule has 0 unspecified atom stereocenters. The Hall–Kier alpha value is -1.02. The Morgan fingerprint density at radius 3 is 2.69 bits per heavy atom. The summed E-state index contributed by atoms with van der Waals surface area (Å²) in [4.78, 5) is 0. The highest BCUT2D eigenvalue weighted by Gasteiger charge is 2.51. The third kappa shape index (κ3) is 2.99. The lowest BCUT2D eigenvalue weighted by molar-refractivity contribution is 0.0793. The van der Waals surface area contributed by atoms with Crippen molar-refractivity contribution in [2.45, 2.75) is 88.5 Å². The second-order valence-electron chi connectivity index (χ2n) is 9.51. The van der Waals surface area contributed by atoms with E-state index in [1.165, 1.54) is 83.6 Å². The van der Waals surface area contributed by atoms with Gasteiger partial charge in [-0.2, -0.15) is 0 Å². The number of hydrogen-bond acceptors (Lipinski definition) is 2. The predicted octanol–water partition coefficient (Wildman–Crippen LogP) is 5.38. The number of hydrogen-bond donors (Lipinski definition) is 1. The van der Waals surface area contributed by atoms with Crippen molar-refractivity contribution in [1.82, 2.24) is 5.32 Å². The van der Waals surface area contributed by atoms with Gasteiger partial charge in [-0.3, -0.25) is 0 Å². The van der Waals surface area contributed by atoms with Crippen molar-refractivity contribution in [3.63, 3.8) is 0 Å². The lowest BCUT2D eigenvalue weighted by Crippen LogP contribution is -2.59. The van der Waals surface area contributed by atoms with E-state index >= 15 is 0 Å². The van der Waals surface area contributed by atoms with Crippen LogP contribution in [0.5, 0.6) is 5.75 Å². The van der Waals surface area contributed by atoms with E-state index in [0.29, 0.717) is 11.5 Å². The van der Waals surface area contributed by atoms with Crippen LogP contribution in [-0.2, 0) is 11.8 Å². The summed E-state index contributed by atoms with van der Waals surface area (Å²) in [5, 5.41) is 3.84. The van der Waals surface area contributed by atoms with Gasteiger partial charge in [0.15, 0.2) is 0 Å². The van der Waals surface area contributed by atoms with Crippen molar-refractivity contribution in [3.05, 3.63) is 29.3 Å². The van der Waals surface area contributed by atoms with Crippen LogP contribution in [0.25, 0.3) is 0 Å². The van der Waals surface area contributed by atoms with Crippen molar-refractivity contribution < 1.29 is 4.74 Å². The van der Waals surface area contributed by atoms with Gasteiger partial charge in [-0.15, -0.1) is 0 Å². The Balaban J connectivity index is 1.38. The number of fused-ring (bicyclic) bond motifs is 1. The van der Waals surface area contributed by atoms with Gasteiger partial charge >= 0.3 is 0 Å². The molecule has 3 fully saturated rings. The maximum Gasteiger partial charge on any atom is 0.119 e. The van der Waals surface area contributed by atoms with Crippen LogP contribution in [0.2, 0.25) is 0 Å². The molecule has 0 aromatic heterocycles. The molecule has 26 heavy (non-hydrogen) atoms. The molecule has 0 radical (unpaired) electrons. The van der Waals surface area contributed by atoms with Crippen molar-refractivity contribution in [3.8, 4) is 5.75 Å². The molecule has 1 heterocycles. The highest BCUT2D eigenvalue weighted by atomic mass is 16.5. The van der Waals surface area contributed by atoms with Gasteiger partial charge in [0.25, 0.3) is 0 Å². The zero-order valence-corrected chi connectivity index (χ0v) is 16.3. The summed E-state index contributed by atoms with van der Waals surface area (Å²) in [6, 6.07) is 7.83. The van der Waals surface area contributed by atoms with Crippen LogP contribution < -0.4 is 10.1 Å². The molecule has 3 atom stereocenters. The first-order valence-electron chi connectivity index (χ1n) is 11.3. The number of piperidine rings is 1. The van der Waals surface area contributed by atoms with E-state index < -0.39 is 0 Å². The molecule has 2 nitrogen and oxygen atoms in total. The maximum absolute atomic E-state index is 6.37. The van der Waals surface area contributed by atoms with Crippen LogP contribution in [-0.4, -0.2) is 19.2 Å². The molecule has 0 amide bonds. The van der Waals surface area contributed by atoms with E-state index in [1.807, 2.05) is 0 Å². The van der Waals surface area contributed by atoms with Gasteiger partial charge in [-0.25, -0.2) is 0 Å². The van der Waals surface area contributed by atoms with Gasteiger partial charge in [0.1, 0.15) is 5.75 Å². The molecule has 1 N–H and O–H groups in total. The Labute approximate surface area is 159 Å². The number of ether oxygens (including phenoxy) is 1.